The molecule has 2 heterocycles. The third kappa shape index (κ3) is 11.4. The molecule has 0 aromatic heterocycles. The van der Waals surface area contributed by atoms with Crippen molar-refractivity contribution in [3.8, 4) is 0 Å². The second-order valence-electron chi connectivity index (χ2n) is 13.8. The highest BCUT2D eigenvalue weighted by molar-refractivity contribution is 6.10. The van der Waals surface area contributed by atoms with Crippen LogP contribution in [0.4, 0.5) is 22.7 Å². The number of ether oxygens (including phenoxy) is 2. The highest BCUT2D eigenvalue weighted by atomic mass is 16.5. The Bertz CT molecular complexity index is 1710. The quantitative estimate of drug-likeness (QED) is 0.0870. The first-order valence-corrected chi connectivity index (χ1v) is 19.3. The summed E-state index contributed by atoms with van der Waals surface area (Å²) in [6, 6.07) is 28.8. The number of nitrogens with zero attached hydrogens (tertiary/aromatic N) is 4. The van der Waals surface area contributed by atoms with Crippen molar-refractivity contribution in [2.75, 3.05) is 126 Å². The van der Waals surface area contributed by atoms with Gasteiger partial charge in [-0.05, 0) is 97.1 Å². The lowest BCUT2D eigenvalue weighted by Gasteiger charge is -2.36. The van der Waals surface area contributed by atoms with Crippen molar-refractivity contribution >= 4 is 40.3 Å². The number of piperazine rings is 2. The fourth-order valence-electron chi connectivity index (χ4n) is 6.81. The van der Waals surface area contributed by atoms with Gasteiger partial charge in [0, 0.05) is 110 Å². The number of nitrogens with one attached hydrogen (secondary N) is 2. The first kappa shape index (κ1) is 40.5. The van der Waals surface area contributed by atoms with Crippen molar-refractivity contribution in [3.05, 3.63) is 119 Å². The number of benzene rings is 4. The monoisotopic (exact) mass is 764 g/mol. The Morgan fingerprint density at radius 1 is 0.464 bits per heavy atom. The van der Waals surface area contributed by atoms with Gasteiger partial charge in [-0.15, -0.1) is 0 Å². The first-order chi connectivity index (χ1) is 27.4. The molecule has 2 amide bonds. The SMILES string of the molecule is O=C(Nc1ccc(C(=O)c2ccc(NC(=O)c3ccc(N4CCN(CCOCCO)CC4)cc3)cc2)cc1)c1ccc(N2CCN(CCOCCO)CC2)cc1. The molecular formula is C43H52N6O7. The van der Waals surface area contributed by atoms with E-state index < -0.39 is 0 Å². The number of ketones is 1. The number of aliphatic hydroxyl groups is 2. The highest BCUT2D eigenvalue weighted by Gasteiger charge is 2.19. The molecule has 0 unspecified atom stereocenters. The van der Waals surface area contributed by atoms with Gasteiger partial charge in [0.15, 0.2) is 5.78 Å². The molecule has 13 heteroatoms. The van der Waals surface area contributed by atoms with Gasteiger partial charge in [0.1, 0.15) is 0 Å². The lowest BCUT2D eigenvalue weighted by molar-refractivity contribution is 0.0724. The summed E-state index contributed by atoms with van der Waals surface area (Å²) in [5.74, 6) is -0.633. The van der Waals surface area contributed by atoms with Crippen molar-refractivity contribution in [2.45, 2.75) is 0 Å². The number of hydrogen-bond donors (Lipinski definition) is 4. The number of carbonyl (C=O) groups excluding carboxylic acids is 3. The Labute approximate surface area is 328 Å². The van der Waals surface area contributed by atoms with E-state index in [0.717, 1.165) is 76.8 Å². The van der Waals surface area contributed by atoms with E-state index >= 15 is 0 Å². The van der Waals surface area contributed by atoms with Crippen LogP contribution < -0.4 is 20.4 Å². The van der Waals surface area contributed by atoms with Gasteiger partial charge in [-0.25, -0.2) is 0 Å². The van der Waals surface area contributed by atoms with Crippen LogP contribution in [0.25, 0.3) is 0 Å². The minimum atomic E-state index is -0.232. The molecule has 2 aliphatic heterocycles. The smallest absolute Gasteiger partial charge is 0.255 e. The van der Waals surface area contributed by atoms with Crippen LogP contribution in [0.1, 0.15) is 36.6 Å². The fourth-order valence-corrected chi connectivity index (χ4v) is 6.81. The van der Waals surface area contributed by atoms with Gasteiger partial charge in [0.25, 0.3) is 11.8 Å². The molecule has 4 aromatic rings. The molecule has 2 aliphatic rings. The van der Waals surface area contributed by atoms with Gasteiger partial charge in [0.2, 0.25) is 0 Å². The van der Waals surface area contributed by atoms with Crippen LogP contribution in [0.2, 0.25) is 0 Å². The molecule has 2 saturated heterocycles. The minimum Gasteiger partial charge on any atom is -0.394 e. The predicted octanol–water partition coefficient (Wildman–Crippen LogP) is 3.68. The summed E-state index contributed by atoms with van der Waals surface area (Å²) in [4.78, 5) is 48.5. The molecule has 0 aliphatic carbocycles. The third-order valence-corrected chi connectivity index (χ3v) is 10.1. The first-order valence-electron chi connectivity index (χ1n) is 19.3. The van der Waals surface area contributed by atoms with Crippen LogP contribution in [0.3, 0.4) is 0 Å². The summed E-state index contributed by atoms with van der Waals surface area (Å²) >= 11 is 0. The van der Waals surface area contributed by atoms with Crippen molar-refractivity contribution in [1.82, 2.24) is 9.80 Å². The molecule has 0 atom stereocenters. The van der Waals surface area contributed by atoms with Crippen molar-refractivity contribution in [2.24, 2.45) is 0 Å². The summed E-state index contributed by atoms with van der Waals surface area (Å²) in [5, 5.41) is 23.5. The van der Waals surface area contributed by atoms with Crippen molar-refractivity contribution in [1.29, 1.82) is 0 Å². The Kier molecular flexibility index (Phi) is 15.0. The Morgan fingerprint density at radius 3 is 1.14 bits per heavy atom. The normalized spacial score (nSPS) is 15.1. The molecule has 0 saturated carbocycles. The molecule has 6 rings (SSSR count). The second kappa shape index (κ2) is 20.7. The van der Waals surface area contributed by atoms with E-state index in [1.165, 1.54) is 0 Å². The zero-order valence-electron chi connectivity index (χ0n) is 31.8. The van der Waals surface area contributed by atoms with E-state index in [1.807, 2.05) is 48.5 Å². The maximum Gasteiger partial charge on any atom is 0.255 e. The number of aliphatic hydroxyl groups excluding tert-OH is 2. The van der Waals surface area contributed by atoms with E-state index in [2.05, 4.69) is 30.2 Å². The Morgan fingerprint density at radius 2 is 0.804 bits per heavy atom. The van der Waals surface area contributed by atoms with Gasteiger partial charge in [-0.1, -0.05) is 0 Å². The lowest BCUT2D eigenvalue weighted by atomic mass is 10.0. The van der Waals surface area contributed by atoms with Gasteiger partial charge < -0.3 is 40.1 Å². The van der Waals surface area contributed by atoms with Crippen LogP contribution in [0.5, 0.6) is 0 Å². The maximum atomic E-state index is 13.2. The summed E-state index contributed by atoms with van der Waals surface area (Å²) in [5.41, 5.74) is 5.36. The number of rotatable bonds is 18. The largest absolute Gasteiger partial charge is 0.394 e. The fraction of sp³-hybridized carbons (Fsp3) is 0.372. The van der Waals surface area contributed by atoms with Gasteiger partial charge in [-0.3, -0.25) is 24.2 Å². The van der Waals surface area contributed by atoms with Crippen LogP contribution in [-0.4, -0.2) is 143 Å². The molecule has 0 radical (unpaired) electrons. The molecule has 4 N–H and O–H groups in total. The van der Waals surface area contributed by atoms with Gasteiger partial charge >= 0.3 is 0 Å². The van der Waals surface area contributed by atoms with Crippen LogP contribution >= 0.6 is 0 Å². The average Bonchev–Trinajstić information content (AvgIpc) is 3.25. The second-order valence-corrected chi connectivity index (χ2v) is 13.8. The minimum absolute atomic E-state index is 0.0424. The molecule has 56 heavy (non-hydrogen) atoms. The average molecular weight is 765 g/mol. The molecule has 0 spiro atoms. The van der Waals surface area contributed by atoms with E-state index in [-0.39, 0.29) is 30.8 Å². The van der Waals surface area contributed by atoms with E-state index in [0.29, 0.717) is 60.1 Å². The summed E-state index contributed by atoms with van der Waals surface area (Å²) in [7, 11) is 0. The van der Waals surface area contributed by atoms with Crippen molar-refractivity contribution in [3.63, 3.8) is 0 Å². The topological polar surface area (TPSA) is 147 Å². The molecule has 2 fully saturated rings. The molecule has 13 nitrogen and oxygen atoms in total. The van der Waals surface area contributed by atoms with Crippen LogP contribution in [0, 0.1) is 0 Å². The zero-order valence-corrected chi connectivity index (χ0v) is 31.8. The standard InChI is InChI=1S/C43H52N6O7/c50-27-31-55-29-25-46-17-21-48(22-18-46)39-13-5-35(6-14-39)42(53)44-37-9-1-33(2-10-37)41(52)34-3-11-38(12-4-34)45-43(54)36-7-15-40(16-8-36)49-23-19-47(20-24-49)26-30-56-32-28-51/h1-16,50-51H,17-32H2,(H,44,53)(H,45,54). The maximum absolute atomic E-state index is 13.2. The molecular weight excluding hydrogens is 713 g/mol. The Hall–Kier alpha value is -5.15. The van der Waals surface area contributed by atoms with E-state index in [4.69, 9.17) is 19.7 Å². The molecule has 296 valence electrons. The van der Waals surface area contributed by atoms with Crippen molar-refractivity contribution < 1.29 is 34.1 Å². The highest BCUT2D eigenvalue weighted by Crippen LogP contribution is 2.22. The molecule has 0 bridgehead atoms. The van der Waals surface area contributed by atoms with Gasteiger partial charge in [-0.2, -0.15) is 0 Å². The zero-order chi connectivity index (χ0) is 39.1. The van der Waals surface area contributed by atoms with Gasteiger partial charge in [0.05, 0.1) is 39.6 Å². The number of amides is 2. The Balaban J connectivity index is 0.931. The number of carbonyl (C=O) groups is 3. The summed E-state index contributed by atoms with van der Waals surface area (Å²) in [6.45, 7) is 11.0. The van der Waals surface area contributed by atoms with Crippen LogP contribution in [-0.2, 0) is 9.47 Å². The predicted molar refractivity (Wildman–Crippen MR) is 218 cm³/mol. The summed E-state index contributed by atoms with van der Waals surface area (Å²) in [6.07, 6.45) is 0. The van der Waals surface area contributed by atoms with Crippen LogP contribution in [0.15, 0.2) is 97.1 Å². The summed E-state index contributed by atoms with van der Waals surface area (Å²) < 4.78 is 10.8. The molecule has 4 aromatic carbocycles. The van der Waals surface area contributed by atoms with E-state index in [1.54, 1.807) is 48.5 Å². The lowest BCUT2D eigenvalue weighted by Crippen LogP contribution is -2.47. The third-order valence-electron chi connectivity index (χ3n) is 10.1. The number of anilines is 4. The van der Waals surface area contributed by atoms with E-state index in [9.17, 15) is 14.4 Å². The number of hydrogen-bond acceptors (Lipinski definition) is 11.